The highest BCUT2D eigenvalue weighted by Crippen LogP contribution is 2.36. The highest BCUT2D eigenvalue weighted by atomic mass is 35.5. The molecule has 1 aromatic rings. The van der Waals surface area contributed by atoms with Crippen LogP contribution in [-0.2, 0) is 9.53 Å². The lowest BCUT2D eigenvalue weighted by atomic mass is 10.2. The summed E-state index contributed by atoms with van der Waals surface area (Å²) in [5.74, 6) is -0.444. The van der Waals surface area contributed by atoms with E-state index < -0.39 is 11.9 Å². The first-order valence-corrected chi connectivity index (χ1v) is 5.70. The van der Waals surface area contributed by atoms with Gasteiger partial charge in [0.25, 0.3) is 5.91 Å². The van der Waals surface area contributed by atoms with Gasteiger partial charge in [0.15, 0.2) is 18.1 Å². The van der Waals surface area contributed by atoms with Gasteiger partial charge in [-0.3, -0.25) is 4.79 Å². The summed E-state index contributed by atoms with van der Waals surface area (Å²) >= 11 is 5.96. The molecular weight excluding hydrogens is 274 g/mol. The van der Waals surface area contributed by atoms with Gasteiger partial charge in [0.1, 0.15) is 0 Å². The van der Waals surface area contributed by atoms with E-state index in [0.29, 0.717) is 11.5 Å². The Morgan fingerprint density at radius 2 is 1.95 bits per heavy atom. The largest absolute Gasteiger partial charge is 0.493 e. The summed E-state index contributed by atoms with van der Waals surface area (Å²) in [5, 5.41) is 2.55. The minimum absolute atomic E-state index is 0.173. The molecule has 0 aromatic heterocycles. The van der Waals surface area contributed by atoms with Gasteiger partial charge in [0, 0.05) is 7.05 Å². The van der Waals surface area contributed by atoms with Crippen molar-refractivity contribution in [3.8, 4) is 11.5 Å². The van der Waals surface area contributed by atoms with Gasteiger partial charge < -0.3 is 19.5 Å². The summed E-state index contributed by atoms with van der Waals surface area (Å²) in [4.78, 5) is 22.7. The number of benzene rings is 1. The number of hydrogen-bond acceptors (Lipinski definition) is 5. The van der Waals surface area contributed by atoms with Crippen LogP contribution in [0.3, 0.4) is 0 Å². The average Bonchev–Trinajstić information content (AvgIpc) is 2.43. The number of ether oxygens (including phenoxy) is 3. The Labute approximate surface area is 115 Å². The molecule has 1 rings (SSSR count). The van der Waals surface area contributed by atoms with Crippen LogP contribution in [0.5, 0.6) is 11.5 Å². The van der Waals surface area contributed by atoms with Gasteiger partial charge in [-0.05, 0) is 12.1 Å². The zero-order valence-electron chi connectivity index (χ0n) is 10.8. The van der Waals surface area contributed by atoms with E-state index >= 15 is 0 Å². The van der Waals surface area contributed by atoms with Crippen molar-refractivity contribution in [3.63, 3.8) is 0 Å². The molecule has 0 heterocycles. The summed E-state index contributed by atoms with van der Waals surface area (Å²) < 4.78 is 14.9. The molecule has 1 N–H and O–H groups in total. The highest BCUT2D eigenvalue weighted by Gasteiger charge is 2.16. The first-order chi connectivity index (χ1) is 9.03. The quantitative estimate of drug-likeness (QED) is 0.825. The zero-order chi connectivity index (χ0) is 14.4. The van der Waals surface area contributed by atoms with Crippen molar-refractivity contribution in [2.75, 3.05) is 27.9 Å². The second kappa shape index (κ2) is 6.84. The Morgan fingerprint density at radius 1 is 1.26 bits per heavy atom. The SMILES string of the molecule is CNC(=O)COC(=O)c1cc(Cl)c(OC)c(OC)c1. The molecule has 104 valence electrons. The molecule has 0 saturated carbocycles. The maximum Gasteiger partial charge on any atom is 0.338 e. The maximum absolute atomic E-state index is 11.7. The van der Waals surface area contributed by atoms with Gasteiger partial charge in [-0.25, -0.2) is 4.79 Å². The standard InChI is InChI=1S/C12H14ClNO5/c1-14-10(15)6-19-12(16)7-4-8(13)11(18-3)9(5-7)17-2/h4-5H,6H2,1-3H3,(H,14,15). The fourth-order valence-electron chi connectivity index (χ4n) is 1.32. The molecule has 0 saturated heterocycles. The Hall–Kier alpha value is -1.95. The molecule has 0 aliphatic rings. The van der Waals surface area contributed by atoms with E-state index in [4.69, 9.17) is 25.8 Å². The topological polar surface area (TPSA) is 73.9 Å². The van der Waals surface area contributed by atoms with Crippen LogP contribution in [-0.4, -0.2) is 39.8 Å². The second-order valence-corrected chi connectivity index (χ2v) is 3.85. The van der Waals surface area contributed by atoms with E-state index in [9.17, 15) is 9.59 Å². The minimum Gasteiger partial charge on any atom is -0.493 e. The van der Waals surface area contributed by atoms with E-state index in [2.05, 4.69) is 5.32 Å². The number of likely N-dealkylation sites (N-methyl/N-ethyl adjacent to an activating group) is 1. The number of rotatable bonds is 5. The first-order valence-electron chi connectivity index (χ1n) is 5.32. The first kappa shape index (κ1) is 15.1. The molecule has 0 radical (unpaired) electrons. The lowest BCUT2D eigenvalue weighted by molar-refractivity contribution is -0.123. The van der Waals surface area contributed by atoms with Gasteiger partial charge in [0.05, 0.1) is 24.8 Å². The van der Waals surface area contributed by atoms with Crippen molar-refractivity contribution in [2.24, 2.45) is 0 Å². The predicted octanol–water partition coefficient (Wildman–Crippen LogP) is 1.26. The van der Waals surface area contributed by atoms with E-state index in [0.717, 1.165) is 0 Å². The number of carbonyl (C=O) groups is 2. The molecule has 7 heteroatoms. The summed E-state index contributed by atoms with van der Waals surface area (Å²) in [6.45, 7) is -0.360. The zero-order valence-corrected chi connectivity index (χ0v) is 11.5. The molecular formula is C12H14ClNO5. The number of halogens is 1. The number of esters is 1. The molecule has 0 fully saturated rings. The molecule has 6 nitrogen and oxygen atoms in total. The summed E-state index contributed by atoms with van der Waals surface area (Å²) in [5.41, 5.74) is 0.173. The third-order valence-corrected chi connectivity index (χ3v) is 2.56. The molecule has 0 unspecified atom stereocenters. The Bertz CT molecular complexity index is 489. The van der Waals surface area contributed by atoms with E-state index in [1.165, 1.54) is 33.4 Å². The molecule has 19 heavy (non-hydrogen) atoms. The van der Waals surface area contributed by atoms with Crippen LogP contribution >= 0.6 is 11.6 Å². The van der Waals surface area contributed by atoms with Crippen LogP contribution in [0.4, 0.5) is 0 Å². The van der Waals surface area contributed by atoms with E-state index in [1.807, 2.05) is 0 Å². The van der Waals surface area contributed by atoms with Crippen LogP contribution in [0.2, 0.25) is 5.02 Å². The number of amides is 1. The van der Waals surface area contributed by atoms with Crippen molar-refractivity contribution >= 4 is 23.5 Å². The third kappa shape index (κ3) is 3.75. The van der Waals surface area contributed by atoms with Crippen LogP contribution < -0.4 is 14.8 Å². The van der Waals surface area contributed by atoms with Crippen LogP contribution in [0, 0.1) is 0 Å². The normalized spacial score (nSPS) is 9.68. The number of methoxy groups -OCH3 is 2. The average molecular weight is 288 g/mol. The molecule has 1 amide bonds. The smallest absolute Gasteiger partial charge is 0.338 e. The Morgan fingerprint density at radius 3 is 2.47 bits per heavy atom. The number of hydrogen-bond donors (Lipinski definition) is 1. The van der Waals surface area contributed by atoms with Gasteiger partial charge in [0.2, 0.25) is 0 Å². The van der Waals surface area contributed by atoms with E-state index in [1.54, 1.807) is 0 Å². The van der Waals surface area contributed by atoms with Crippen LogP contribution in [0.25, 0.3) is 0 Å². The fraction of sp³-hybridized carbons (Fsp3) is 0.333. The highest BCUT2D eigenvalue weighted by molar-refractivity contribution is 6.32. The van der Waals surface area contributed by atoms with Crippen LogP contribution in [0.1, 0.15) is 10.4 Å². The maximum atomic E-state index is 11.7. The summed E-state index contributed by atoms with van der Waals surface area (Å²) in [6, 6.07) is 2.81. The monoisotopic (exact) mass is 287 g/mol. The molecule has 0 spiro atoms. The molecule has 0 aliphatic heterocycles. The molecule has 0 atom stereocenters. The third-order valence-electron chi connectivity index (χ3n) is 2.28. The summed E-state index contributed by atoms with van der Waals surface area (Å²) in [6.07, 6.45) is 0. The van der Waals surface area contributed by atoms with Gasteiger partial charge >= 0.3 is 5.97 Å². The van der Waals surface area contributed by atoms with Crippen molar-refractivity contribution in [1.29, 1.82) is 0 Å². The Balaban J connectivity index is 2.92. The van der Waals surface area contributed by atoms with Crippen molar-refractivity contribution in [3.05, 3.63) is 22.7 Å². The molecule has 0 bridgehead atoms. The minimum atomic E-state index is -0.675. The molecule has 1 aromatic carbocycles. The van der Waals surface area contributed by atoms with Crippen molar-refractivity contribution in [1.82, 2.24) is 5.32 Å². The second-order valence-electron chi connectivity index (χ2n) is 3.44. The van der Waals surface area contributed by atoms with E-state index in [-0.39, 0.29) is 17.2 Å². The van der Waals surface area contributed by atoms with Gasteiger partial charge in [-0.2, -0.15) is 0 Å². The number of carbonyl (C=O) groups excluding carboxylic acids is 2. The van der Waals surface area contributed by atoms with Crippen molar-refractivity contribution < 1.29 is 23.8 Å². The van der Waals surface area contributed by atoms with Gasteiger partial charge in [-0.1, -0.05) is 11.6 Å². The number of nitrogens with one attached hydrogen (secondary N) is 1. The lowest BCUT2D eigenvalue weighted by Crippen LogP contribution is -2.25. The molecule has 0 aliphatic carbocycles. The summed E-state index contributed by atoms with van der Waals surface area (Å²) in [7, 11) is 4.31. The van der Waals surface area contributed by atoms with Crippen LogP contribution in [0.15, 0.2) is 12.1 Å². The predicted molar refractivity (Wildman–Crippen MR) is 68.9 cm³/mol. The van der Waals surface area contributed by atoms with Crippen molar-refractivity contribution in [2.45, 2.75) is 0 Å². The van der Waals surface area contributed by atoms with Gasteiger partial charge in [-0.15, -0.1) is 0 Å². The Kier molecular flexibility index (Phi) is 5.44. The fourth-order valence-corrected chi connectivity index (χ4v) is 1.61. The lowest BCUT2D eigenvalue weighted by Gasteiger charge is -2.11.